The molecule has 2 atom stereocenters. The van der Waals surface area contributed by atoms with E-state index in [2.05, 4.69) is 15.3 Å². The fraction of sp³-hybridized carbons (Fsp3) is 0.556. The van der Waals surface area contributed by atoms with Crippen LogP contribution in [0.2, 0.25) is 0 Å². The molecule has 3 N–H and O–H groups in total. The Kier molecular flexibility index (Phi) is 2.49. The third-order valence-corrected chi connectivity index (χ3v) is 2.42. The van der Waals surface area contributed by atoms with Crippen LogP contribution in [0.15, 0.2) is 12.4 Å². The van der Waals surface area contributed by atoms with Crippen LogP contribution >= 0.6 is 0 Å². The predicted octanol–water partition coefficient (Wildman–Crippen LogP) is 0.648. The minimum atomic E-state index is 0.205. The van der Waals surface area contributed by atoms with Gasteiger partial charge in [-0.15, -0.1) is 0 Å². The molecule has 2 rings (SSSR count). The lowest BCUT2D eigenvalue weighted by molar-refractivity contribution is 0.121. The van der Waals surface area contributed by atoms with Gasteiger partial charge in [-0.25, -0.2) is 9.97 Å². The van der Waals surface area contributed by atoms with Crippen molar-refractivity contribution in [2.24, 2.45) is 0 Å². The highest BCUT2D eigenvalue weighted by molar-refractivity contribution is 5.55. The van der Waals surface area contributed by atoms with Gasteiger partial charge < -0.3 is 15.8 Å². The molecule has 0 aromatic carbocycles. The smallest absolute Gasteiger partial charge is 0.169 e. The molecule has 0 saturated carbocycles. The van der Waals surface area contributed by atoms with Crippen LogP contribution < -0.4 is 11.1 Å². The van der Waals surface area contributed by atoms with Crippen molar-refractivity contribution in [1.82, 2.24) is 9.97 Å². The van der Waals surface area contributed by atoms with E-state index in [9.17, 15) is 0 Å². The summed E-state index contributed by atoms with van der Waals surface area (Å²) in [5.74, 6) is 1.08. The van der Waals surface area contributed by atoms with E-state index in [-0.39, 0.29) is 12.1 Å². The Hall–Kier alpha value is -1.36. The minimum Gasteiger partial charge on any atom is -0.381 e. The summed E-state index contributed by atoms with van der Waals surface area (Å²) in [5, 5.41) is 3.24. The van der Waals surface area contributed by atoms with Crippen LogP contribution in [0.3, 0.4) is 0 Å². The van der Waals surface area contributed by atoms with Gasteiger partial charge in [0.15, 0.2) is 11.6 Å². The van der Waals surface area contributed by atoms with Crippen molar-refractivity contribution in [1.29, 1.82) is 0 Å². The van der Waals surface area contributed by atoms with Crippen LogP contribution in [0.4, 0.5) is 11.6 Å². The Morgan fingerprint density at radius 2 is 2.29 bits per heavy atom. The average Bonchev–Trinajstić information content (AvgIpc) is 2.56. The van der Waals surface area contributed by atoms with Crippen molar-refractivity contribution in [3.8, 4) is 0 Å². The summed E-state index contributed by atoms with van der Waals surface area (Å²) in [6.45, 7) is 2.83. The molecule has 1 aliphatic rings. The number of hydrogen-bond donors (Lipinski definition) is 2. The molecule has 0 unspecified atom stereocenters. The maximum Gasteiger partial charge on any atom is 0.169 e. The summed E-state index contributed by atoms with van der Waals surface area (Å²) in [6.07, 6.45) is 4.39. The molecule has 5 nitrogen and oxygen atoms in total. The zero-order chi connectivity index (χ0) is 9.97. The van der Waals surface area contributed by atoms with Gasteiger partial charge in [0.25, 0.3) is 0 Å². The van der Waals surface area contributed by atoms with E-state index < -0.39 is 0 Å². The molecule has 5 heteroatoms. The maximum absolute atomic E-state index is 5.67. The molecular weight excluding hydrogens is 180 g/mol. The lowest BCUT2D eigenvalue weighted by Gasteiger charge is -2.16. The van der Waals surface area contributed by atoms with Crippen molar-refractivity contribution in [3.05, 3.63) is 12.4 Å². The number of rotatable bonds is 2. The fourth-order valence-corrected chi connectivity index (χ4v) is 1.56. The molecule has 1 aromatic heterocycles. The first kappa shape index (κ1) is 9.21. The zero-order valence-electron chi connectivity index (χ0n) is 8.10. The molecule has 2 heterocycles. The molecule has 0 spiro atoms. The number of nitrogens with two attached hydrogens (primary N) is 1. The highest BCUT2D eigenvalue weighted by atomic mass is 16.5. The predicted molar refractivity (Wildman–Crippen MR) is 53.9 cm³/mol. The molecule has 0 radical (unpaired) electrons. The lowest BCUT2D eigenvalue weighted by Crippen LogP contribution is -2.27. The van der Waals surface area contributed by atoms with E-state index in [4.69, 9.17) is 10.5 Å². The van der Waals surface area contributed by atoms with Crippen molar-refractivity contribution >= 4 is 11.6 Å². The standard InChI is InChI=1S/C9H14N4O/c1-6-7(2-5-14-6)13-9-8(10)11-3-4-12-9/h3-4,6-7H,2,5H2,1H3,(H2,10,11)(H,12,13)/t6-,7-/m1/s1. The van der Waals surface area contributed by atoms with Gasteiger partial charge in [-0.1, -0.05) is 0 Å². The van der Waals surface area contributed by atoms with Crippen molar-refractivity contribution in [2.75, 3.05) is 17.7 Å². The van der Waals surface area contributed by atoms with Gasteiger partial charge in [-0.05, 0) is 13.3 Å². The SMILES string of the molecule is C[C@H]1OCC[C@H]1Nc1nccnc1N. The number of anilines is 2. The lowest BCUT2D eigenvalue weighted by atomic mass is 10.1. The van der Waals surface area contributed by atoms with Crippen LogP contribution in [0, 0.1) is 0 Å². The second-order valence-electron chi connectivity index (χ2n) is 3.41. The zero-order valence-corrected chi connectivity index (χ0v) is 8.10. The summed E-state index contributed by atoms with van der Waals surface area (Å²) in [6, 6.07) is 0.286. The Balaban J connectivity index is 2.07. The van der Waals surface area contributed by atoms with Gasteiger partial charge in [0.2, 0.25) is 0 Å². The first-order valence-corrected chi connectivity index (χ1v) is 4.72. The summed E-state index contributed by atoms with van der Waals surface area (Å²) in [5.41, 5.74) is 5.67. The van der Waals surface area contributed by atoms with Gasteiger partial charge >= 0.3 is 0 Å². The topological polar surface area (TPSA) is 73.1 Å². The summed E-state index contributed by atoms with van der Waals surface area (Å²) >= 11 is 0. The Morgan fingerprint density at radius 3 is 2.93 bits per heavy atom. The van der Waals surface area contributed by atoms with Gasteiger partial charge in [0, 0.05) is 19.0 Å². The molecule has 0 bridgehead atoms. The Bertz CT molecular complexity index is 317. The second kappa shape index (κ2) is 3.79. The average molecular weight is 194 g/mol. The molecule has 0 amide bonds. The number of nitrogen functional groups attached to an aromatic ring is 1. The van der Waals surface area contributed by atoms with E-state index in [1.165, 1.54) is 0 Å². The molecular formula is C9H14N4O. The van der Waals surface area contributed by atoms with Crippen LogP contribution in [-0.2, 0) is 4.74 Å². The monoisotopic (exact) mass is 194 g/mol. The van der Waals surface area contributed by atoms with Gasteiger partial charge in [0.05, 0.1) is 12.1 Å². The van der Waals surface area contributed by atoms with Crippen molar-refractivity contribution in [3.63, 3.8) is 0 Å². The van der Waals surface area contributed by atoms with Gasteiger partial charge in [-0.3, -0.25) is 0 Å². The molecule has 1 aromatic rings. The second-order valence-corrected chi connectivity index (χ2v) is 3.41. The van der Waals surface area contributed by atoms with Gasteiger partial charge in [0.1, 0.15) is 0 Å². The molecule has 1 aliphatic heterocycles. The number of nitrogens with zero attached hydrogens (tertiary/aromatic N) is 2. The van der Waals surface area contributed by atoms with Crippen molar-refractivity contribution in [2.45, 2.75) is 25.5 Å². The number of hydrogen-bond acceptors (Lipinski definition) is 5. The van der Waals surface area contributed by atoms with Crippen LogP contribution in [0.25, 0.3) is 0 Å². The molecule has 0 aliphatic carbocycles. The Morgan fingerprint density at radius 1 is 1.50 bits per heavy atom. The van der Waals surface area contributed by atoms with E-state index >= 15 is 0 Å². The molecule has 1 saturated heterocycles. The third-order valence-electron chi connectivity index (χ3n) is 2.42. The highest BCUT2D eigenvalue weighted by Gasteiger charge is 2.24. The van der Waals surface area contributed by atoms with Crippen LogP contribution in [0.1, 0.15) is 13.3 Å². The first-order valence-electron chi connectivity index (χ1n) is 4.72. The summed E-state index contributed by atoms with van der Waals surface area (Å²) in [4.78, 5) is 8.08. The Labute approximate surface area is 82.7 Å². The van der Waals surface area contributed by atoms with E-state index in [1.807, 2.05) is 6.92 Å². The van der Waals surface area contributed by atoms with Crippen LogP contribution in [-0.4, -0.2) is 28.7 Å². The minimum absolute atomic E-state index is 0.205. The summed E-state index contributed by atoms with van der Waals surface area (Å²) in [7, 11) is 0. The van der Waals surface area contributed by atoms with E-state index in [1.54, 1.807) is 12.4 Å². The van der Waals surface area contributed by atoms with E-state index in [0.717, 1.165) is 13.0 Å². The molecule has 1 fully saturated rings. The van der Waals surface area contributed by atoms with E-state index in [0.29, 0.717) is 11.6 Å². The van der Waals surface area contributed by atoms with Crippen LogP contribution in [0.5, 0.6) is 0 Å². The quantitative estimate of drug-likeness (QED) is 0.723. The maximum atomic E-state index is 5.67. The largest absolute Gasteiger partial charge is 0.381 e. The van der Waals surface area contributed by atoms with Gasteiger partial charge in [-0.2, -0.15) is 0 Å². The normalized spacial score (nSPS) is 26.4. The number of aromatic nitrogens is 2. The third kappa shape index (κ3) is 1.77. The summed E-state index contributed by atoms with van der Waals surface area (Å²) < 4.78 is 5.43. The number of ether oxygens (including phenoxy) is 1. The highest BCUT2D eigenvalue weighted by Crippen LogP contribution is 2.19. The first-order chi connectivity index (χ1) is 6.77. The fourth-order valence-electron chi connectivity index (χ4n) is 1.56. The molecule has 76 valence electrons. The van der Waals surface area contributed by atoms with Crippen molar-refractivity contribution < 1.29 is 4.74 Å². The number of nitrogens with one attached hydrogen (secondary N) is 1. The molecule has 14 heavy (non-hydrogen) atoms.